The standard InChI is InChI=1S/C15H21NO4/c1-2-16-8-7-11(9-16)12(15(18)19)10-20-14-6-4-3-5-13(14)17/h3-6,11-12,17H,2,7-10H2,1H3,(H,18,19). The molecule has 5 heteroatoms. The Labute approximate surface area is 118 Å². The highest BCUT2D eigenvalue weighted by atomic mass is 16.5. The van der Waals surface area contributed by atoms with Crippen LogP contribution in [0.15, 0.2) is 24.3 Å². The van der Waals surface area contributed by atoms with Crippen molar-refractivity contribution in [2.75, 3.05) is 26.2 Å². The molecular formula is C15H21NO4. The molecule has 0 amide bonds. The number of likely N-dealkylation sites (tertiary alicyclic amines) is 1. The van der Waals surface area contributed by atoms with Crippen LogP contribution in [0.5, 0.6) is 11.5 Å². The highest BCUT2D eigenvalue weighted by Crippen LogP contribution is 2.28. The molecule has 0 bridgehead atoms. The average molecular weight is 279 g/mol. The minimum absolute atomic E-state index is 0.0400. The Hall–Kier alpha value is -1.75. The fraction of sp³-hybridized carbons (Fsp3) is 0.533. The van der Waals surface area contributed by atoms with E-state index in [9.17, 15) is 15.0 Å². The molecule has 0 saturated carbocycles. The maximum Gasteiger partial charge on any atom is 0.310 e. The van der Waals surface area contributed by atoms with Gasteiger partial charge in [0, 0.05) is 6.54 Å². The second-order valence-electron chi connectivity index (χ2n) is 5.17. The van der Waals surface area contributed by atoms with Crippen molar-refractivity contribution < 1.29 is 19.7 Å². The summed E-state index contributed by atoms with van der Waals surface area (Å²) in [6, 6.07) is 6.62. The molecule has 1 fully saturated rings. The van der Waals surface area contributed by atoms with E-state index >= 15 is 0 Å². The van der Waals surface area contributed by atoms with E-state index in [2.05, 4.69) is 11.8 Å². The molecule has 110 valence electrons. The largest absolute Gasteiger partial charge is 0.504 e. The lowest BCUT2D eigenvalue weighted by Gasteiger charge is -2.20. The van der Waals surface area contributed by atoms with Gasteiger partial charge in [-0.2, -0.15) is 0 Å². The predicted octanol–water partition coefficient (Wildman–Crippen LogP) is 1.81. The molecule has 2 unspecified atom stereocenters. The molecular weight excluding hydrogens is 258 g/mol. The van der Waals surface area contributed by atoms with Crippen molar-refractivity contribution in [1.29, 1.82) is 0 Å². The Morgan fingerprint density at radius 1 is 1.50 bits per heavy atom. The Bertz CT molecular complexity index is 463. The van der Waals surface area contributed by atoms with Crippen LogP contribution in [0.4, 0.5) is 0 Å². The van der Waals surface area contributed by atoms with Gasteiger partial charge in [0.25, 0.3) is 0 Å². The summed E-state index contributed by atoms with van der Waals surface area (Å²) in [5, 5.41) is 19.0. The molecule has 0 spiro atoms. The van der Waals surface area contributed by atoms with E-state index in [1.54, 1.807) is 18.2 Å². The molecule has 5 nitrogen and oxygen atoms in total. The van der Waals surface area contributed by atoms with Crippen LogP contribution < -0.4 is 4.74 Å². The number of benzene rings is 1. The first-order valence-corrected chi connectivity index (χ1v) is 6.97. The summed E-state index contributed by atoms with van der Waals surface area (Å²) in [5.41, 5.74) is 0. The number of hydrogen-bond donors (Lipinski definition) is 2. The number of aliphatic carboxylic acids is 1. The van der Waals surface area contributed by atoms with E-state index in [0.29, 0.717) is 5.75 Å². The maximum atomic E-state index is 11.4. The summed E-state index contributed by atoms with van der Waals surface area (Å²) in [5.74, 6) is -0.879. The number of rotatable bonds is 6. The van der Waals surface area contributed by atoms with E-state index in [0.717, 1.165) is 26.1 Å². The third-order valence-electron chi connectivity index (χ3n) is 3.93. The molecule has 2 rings (SSSR count). The predicted molar refractivity (Wildman–Crippen MR) is 74.9 cm³/mol. The Kier molecular flexibility index (Phi) is 4.84. The Morgan fingerprint density at radius 2 is 2.25 bits per heavy atom. The number of carboxylic acids is 1. The molecule has 0 radical (unpaired) electrons. The topological polar surface area (TPSA) is 70.0 Å². The molecule has 1 aromatic carbocycles. The van der Waals surface area contributed by atoms with Crippen molar-refractivity contribution in [3.8, 4) is 11.5 Å². The van der Waals surface area contributed by atoms with Gasteiger partial charge in [-0.1, -0.05) is 19.1 Å². The van der Waals surface area contributed by atoms with Crippen LogP contribution in [0.25, 0.3) is 0 Å². The van der Waals surface area contributed by atoms with Crippen LogP contribution in [0.1, 0.15) is 13.3 Å². The first-order valence-electron chi connectivity index (χ1n) is 6.97. The van der Waals surface area contributed by atoms with Gasteiger partial charge < -0.3 is 19.8 Å². The molecule has 20 heavy (non-hydrogen) atoms. The third kappa shape index (κ3) is 3.42. The highest BCUT2D eigenvalue weighted by Gasteiger charge is 2.34. The number of carboxylic acid groups (broad SMARTS) is 1. The summed E-state index contributed by atoms with van der Waals surface area (Å²) in [6.07, 6.45) is 0.884. The third-order valence-corrected chi connectivity index (χ3v) is 3.93. The van der Waals surface area contributed by atoms with Crippen LogP contribution in [0.2, 0.25) is 0 Å². The first kappa shape index (κ1) is 14.7. The van der Waals surface area contributed by atoms with Crippen LogP contribution in [-0.2, 0) is 4.79 Å². The van der Waals surface area contributed by atoms with Gasteiger partial charge in [0.05, 0.1) is 5.92 Å². The van der Waals surface area contributed by atoms with E-state index in [1.807, 2.05) is 0 Å². The zero-order valence-corrected chi connectivity index (χ0v) is 11.7. The zero-order valence-electron chi connectivity index (χ0n) is 11.7. The van der Waals surface area contributed by atoms with Gasteiger partial charge in [0.15, 0.2) is 11.5 Å². The molecule has 0 aliphatic carbocycles. The lowest BCUT2D eigenvalue weighted by molar-refractivity contribution is -0.144. The van der Waals surface area contributed by atoms with Crippen molar-refractivity contribution in [2.45, 2.75) is 13.3 Å². The fourth-order valence-electron chi connectivity index (χ4n) is 2.65. The van der Waals surface area contributed by atoms with E-state index in [1.165, 1.54) is 6.07 Å². The van der Waals surface area contributed by atoms with Crippen LogP contribution in [-0.4, -0.2) is 47.3 Å². The van der Waals surface area contributed by atoms with Crippen molar-refractivity contribution in [3.05, 3.63) is 24.3 Å². The SMILES string of the molecule is CCN1CCC(C(COc2ccccc2O)C(=O)O)C1. The van der Waals surface area contributed by atoms with E-state index in [-0.39, 0.29) is 18.3 Å². The molecule has 1 saturated heterocycles. The second-order valence-corrected chi connectivity index (χ2v) is 5.17. The van der Waals surface area contributed by atoms with Gasteiger partial charge in [0.1, 0.15) is 6.61 Å². The average Bonchev–Trinajstić information content (AvgIpc) is 2.89. The van der Waals surface area contributed by atoms with Crippen LogP contribution in [0.3, 0.4) is 0 Å². The fourth-order valence-corrected chi connectivity index (χ4v) is 2.65. The van der Waals surface area contributed by atoms with Gasteiger partial charge in [-0.3, -0.25) is 4.79 Å². The minimum Gasteiger partial charge on any atom is -0.504 e. The number of carbonyl (C=O) groups is 1. The molecule has 1 aliphatic heterocycles. The van der Waals surface area contributed by atoms with Gasteiger partial charge in [0.2, 0.25) is 0 Å². The summed E-state index contributed by atoms with van der Waals surface area (Å²) in [6.45, 7) is 4.87. The zero-order chi connectivity index (χ0) is 14.5. The van der Waals surface area contributed by atoms with Crippen molar-refractivity contribution in [1.82, 2.24) is 4.90 Å². The van der Waals surface area contributed by atoms with Crippen molar-refractivity contribution in [2.24, 2.45) is 11.8 Å². The summed E-state index contributed by atoms with van der Waals surface area (Å²) >= 11 is 0. The first-order chi connectivity index (χ1) is 9.61. The molecule has 1 aliphatic rings. The number of ether oxygens (including phenoxy) is 1. The van der Waals surface area contributed by atoms with E-state index < -0.39 is 11.9 Å². The number of phenols is 1. The van der Waals surface area contributed by atoms with Gasteiger partial charge >= 0.3 is 5.97 Å². The monoisotopic (exact) mass is 279 g/mol. The van der Waals surface area contributed by atoms with Gasteiger partial charge in [-0.15, -0.1) is 0 Å². The van der Waals surface area contributed by atoms with Crippen molar-refractivity contribution in [3.63, 3.8) is 0 Å². The van der Waals surface area contributed by atoms with E-state index in [4.69, 9.17) is 4.74 Å². The molecule has 1 aromatic rings. The molecule has 1 heterocycles. The maximum absolute atomic E-state index is 11.4. The highest BCUT2D eigenvalue weighted by molar-refractivity contribution is 5.70. The summed E-state index contributed by atoms with van der Waals surface area (Å²) in [7, 11) is 0. The Morgan fingerprint density at radius 3 is 2.85 bits per heavy atom. The van der Waals surface area contributed by atoms with Crippen LogP contribution in [0, 0.1) is 11.8 Å². The number of para-hydroxylation sites is 2. The number of phenolic OH excluding ortho intramolecular Hbond substituents is 1. The van der Waals surface area contributed by atoms with Gasteiger partial charge in [-0.05, 0) is 37.6 Å². The summed E-state index contributed by atoms with van der Waals surface area (Å²) < 4.78 is 5.49. The normalized spacial score (nSPS) is 20.8. The molecule has 0 aromatic heterocycles. The lowest BCUT2D eigenvalue weighted by Crippen LogP contribution is -2.31. The molecule has 2 N–H and O–H groups in total. The minimum atomic E-state index is -0.830. The van der Waals surface area contributed by atoms with Crippen molar-refractivity contribution >= 4 is 5.97 Å². The quantitative estimate of drug-likeness (QED) is 0.831. The Balaban J connectivity index is 1.97. The number of aromatic hydroxyl groups is 1. The number of hydrogen-bond acceptors (Lipinski definition) is 4. The second kappa shape index (κ2) is 6.61. The van der Waals surface area contributed by atoms with Gasteiger partial charge in [-0.25, -0.2) is 0 Å². The number of nitrogens with zero attached hydrogens (tertiary/aromatic N) is 1. The van der Waals surface area contributed by atoms with Crippen LogP contribution >= 0.6 is 0 Å². The molecule has 2 atom stereocenters. The lowest BCUT2D eigenvalue weighted by atomic mass is 9.92. The smallest absolute Gasteiger partial charge is 0.310 e. The summed E-state index contributed by atoms with van der Waals surface area (Å²) in [4.78, 5) is 13.7.